The molecule has 0 aromatic heterocycles. The van der Waals surface area contributed by atoms with E-state index in [1.54, 1.807) is 21.1 Å². The topological polar surface area (TPSA) is 102 Å². The Kier molecular flexibility index (Phi) is 33.5. The number of allylic oxidation sites excluding steroid dienone is 8. The highest BCUT2D eigenvalue weighted by Gasteiger charge is 2.25. The number of carboxylic acids is 1. The van der Waals surface area contributed by atoms with Gasteiger partial charge in [0.1, 0.15) is 12.6 Å². The summed E-state index contributed by atoms with van der Waals surface area (Å²) < 4.78 is 17.1. The molecule has 300 valence electrons. The summed E-state index contributed by atoms with van der Waals surface area (Å²) >= 11 is 0. The number of esters is 2. The molecule has 0 saturated carbocycles. The van der Waals surface area contributed by atoms with Crippen LogP contribution in [0.3, 0.4) is 0 Å². The fraction of sp³-hybridized carbons (Fsp3) is 0.750. The minimum atomic E-state index is -1.13. The number of hydrogen-bond acceptors (Lipinski definition) is 7. The van der Waals surface area contributed by atoms with Gasteiger partial charge in [0.05, 0.1) is 40.3 Å². The smallest absolute Gasteiger partial charge is 0.306 e. The minimum absolute atomic E-state index is 0.0225. The zero-order valence-electron chi connectivity index (χ0n) is 34.0. The van der Waals surface area contributed by atoms with Crippen LogP contribution in [0.4, 0.5) is 0 Å². The van der Waals surface area contributed by atoms with Gasteiger partial charge < -0.3 is 28.6 Å². The number of quaternary nitrogens is 1. The summed E-state index contributed by atoms with van der Waals surface area (Å²) in [4.78, 5) is 36.7. The van der Waals surface area contributed by atoms with Crippen molar-refractivity contribution >= 4 is 17.9 Å². The Bertz CT molecular complexity index is 995. The van der Waals surface area contributed by atoms with Crippen molar-refractivity contribution in [2.45, 2.75) is 174 Å². The second kappa shape index (κ2) is 35.3. The third kappa shape index (κ3) is 33.1. The largest absolute Gasteiger partial charge is 0.544 e. The fourth-order valence-corrected chi connectivity index (χ4v) is 5.73. The summed E-state index contributed by atoms with van der Waals surface area (Å²) in [6.45, 7) is 4.46. The first-order valence-corrected chi connectivity index (χ1v) is 20.7. The molecule has 0 aliphatic heterocycles. The highest BCUT2D eigenvalue weighted by molar-refractivity contribution is 5.70. The molecule has 0 amide bonds. The molecule has 2 unspecified atom stereocenters. The molecule has 0 aliphatic carbocycles. The average molecular weight is 732 g/mol. The first kappa shape index (κ1) is 49.3. The number of aliphatic carboxylic acids is 1. The van der Waals surface area contributed by atoms with Gasteiger partial charge in [-0.1, -0.05) is 127 Å². The minimum Gasteiger partial charge on any atom is -0.544 e. The maximum atomic E-state index is 12.7. The predicted octanol–water partition coefficient (Wildman–Crippen LogP) is 9.52. The Hall–Kier alpha value is -2.71. The highest BCUT2D eigenvalue weighted by Crippen LogP contribution is 2.13. The average Bonchev–Trinajstić information content (AvgIpc) is 3.09. The Morgan fingerprint density at radius 2 is 1.10 bits per heavy atom. The van der Waals surface area contributed by atoms with E-state index in [-0.39, 0.29) is 49.1 Å². The molecule has 0 saturated heterocycles. The van der Waals surface area contributed by atoms with Gasteiger partial charge in [0.15, 0.2) is 6.10 Å². The number of carboxylic acid groups (broad SMARTS) is 1. The Balaban J connectivity index is 4.42. The third-order valence-corrected chi connectivity index (χ3v) is 8.95. The van der Waals surface area contributed by atoms with Crippen LogP contribution in [0.1, 0.15) is 162 Å². The number of rotatable bonds is 36. The number of ether oxygens (including phenoxy) is 3. The van der Waals surface area contributed by atoms with Gasteiger partial charge >= 0.3 is 11.9 Å². The molecule has 52 heavy (non-hydrogen) atoms. The lowest BCUT2D eigenvalue weighted by Crippen LogP contribution is -2.55. The monoisotopic (exact) mass is 732 g/mol. The van der Waals surface area contributed by atoms with E-state index >= 15 is 0 Å². The second-order valence-electron chi connectivity index (χ2n) is 14.8. The lowest BCUT2D eigenvalue weighted by atomic mass is 10.1. The number of hydrogen-bond donors (Lipinski definition) is 0. The van der Waals surface area contributed by atoms with E-state index in [1.165, 1.54) is 77.0 Å². The van der Waals surface area contributed by atoms with Crippen molar-refractivity contribution in [3.63, 3.8) is 0 Å². The first-order valence-electron chi connectivity index (χ1n) is 20.7. The van der Waals surface area contributed by atoms with Gasteiger partial charge in [0.2, 0.25) is 0 Å². The van der Waals surface area contributed by atoms with Crippen LogP contribution in [0, 0.1) is 0 Å². The quantitative estimate of drug-likeness (QED) is 0.0274. The molecule has 8 nitrogen and oxygen atoms in total. The van der Waals surface area contributed by atoms with Crippen LogP contribution in [0.15, 0.2) is 48.6 Å². The van der Waals surface area contributed by atoms with Gasteiger partial charge in [-0.25, -0.2) is 0 Å². The predicted molar refractivity (Wildman–Crippen MR) is 213 cm³/mol. The summed E-state index contributed by atoms with van der Waals surface area (Å²) in [6.07, 6.45) is 40.0. The van der Waals surface area contributed by atoms with Crippen molar-refractivity contribution in [2.75, 3.05) is 41.0 Å². The molecule has 0 fully saturated rings. The number of carbonyl (C=O) groups excluding carboxylic acids is 3. The van der Waals surface area contributed by atoms with E-state index in [9.17, 15) is 19.5 Å². The van der Waals surface area contributed by atoms with Crippen molar-refractivity contribution < 1.29 is 38.2 Å². The lowest BCUT2D eigenvalue weighted by Gasteiger charge is -2.34. The van der Waals surface area contributed by atoms with E-state index in [4.69, 9.17) is 14.2 Å². The summed E-state index contributed by atoms with van der Waals surface area (Å²) in [5.41, 5.74) is 0. The number of carbonyl (C=O) groups is 3. The van der Waals surface area contributed by atoms with Gasteiger partial charge in [0.25, 0.3) is 0 Å². The van der Waals surface area contributed by atoms with Crippen LogP contribution in [0.5, 0.6) is 0 Å². The summed E-state index contributed by atoms with van der Waals surface area (Å²) in [7, 11) is 5.38. The molecule has 0 spiro atoms. The molecule has 0 aliphatic rings. The molecular weight excluding hydrogens is 654 g/mol. The van der Waals surface area contributed by atoms with Crippen LogP contribution in [-0.4, -0.2) is 75.5 Å². The zero-order chi connectivity index (χ0) is 38.5. The number of likely N-dealkylation sites (N-methyl/N-ethyl adjacent to an activating group) is 1. The second-order valence-corrected chi connectivity index (χ2v) is 14.8. The van der Waals surface area contributed by atoms with Gasteiger partial charge in [-0.3, -0.25) is 9.59 Å². The zero-order valence-corrected chi connectivity index (χ0v) is 34.0. The molecule has 0 heterocycles. The van der Waals surface area contributed by atoms with Crippen molar-refractivity contribution in [2.24, 2.45) is 0 Å². The Morgan fingerprint density at radius 3 is 1.67 bits per heavy atom. The Morgan fingerprint density at radius 1 is 0.596 bits per heavy atom. The lowest BCUT2D eigenvalue weighted by molar-refractivity contribution is -0.889. The highest BCUT2D eigenvalue weighted by atomic mass is 16.6. The molecule has 0 radical (unpaired) electrons. The summed E-state index contributed by atoms with van der Waals surface area (Å²) in [5.74, 6) is -1.81. The number of nitrogens with zero attached hydrogens (tertiary/aromatic N) is 1. The van der Waals surface area contributed by atoms with Gasteiger partial charge in [0, 0.05) is 19.3 Å². The number of unbranched alkanes of at least 4 members (excludes halogenated alkanes) is 14. The summed E-state index contributed by atoms with van der Waals surface area (Å²) in [5, 5.41) is 11.6. The van der Waals surface area contributed by atoms with Crippen LogP contribution in [0.2, 0.25) is 0 Å². The molecule has 2 atom stereocenters. The summed E-state index contributed by atoms with van der Waals surface area (Å²) in [6, 6.07) is -0.733. The van der Waals surface area contributed by atoms with E-state index < -0.39 is 18.1 Å². The standard InChI is InChI=1S/C44H77NO7/c1-6-8-10-12-14-16-18-19-20-21-22-23-25-27-29-31-33-35-43(47)52-40(38-50-37-36-41(44(48)49)45(3,4)5)39-51-42(46)34-32-30-28-26-24-17-15-13-11-9-7-2/h9,11,15,17,19-20,26,28,40-41H,6-8,10,12-14,16,18,21-25,27,29-39H2,1-5H3/b11-9+,17-15+,20-19+,28-26+. The maximum absolute atomic E-state index is 12.7. The van der Waals surface area contributed by atoms with Crippen molar-refractivity contribution in [1.82, 2.24) is 0 Å². The van der Waals surface area contributed by atoms with Crippen molar-refractivity contribution in [1.29, 1.82) is 0 Å². The molecule has 0 rings (SSSR count). The van der Waals surface area contributed by atoms with E-state index in [0.29, 0.717) is 12.8 Å². The molecule has 0 aromatic carbocycles. The third-order valence-electron chi connectivity index (χ3n) is 8.95. The first-order chi connectivity index (χ1) is 25.1. The van der Waals surface area contributed by atoms with Gasteiger partial charge in [-0.15, -0.1) is 0 Å². The molecule has 0 aromatic rings. The Labute approximate surface area is 318 Å². The van der Waals surface area contributed by atoms with E-state index in [0.717, 1.165) is 44.9 Å². The van der Waals surface area contributed by atoms with E-state index in [2.05, 4.69) is 62.5 Å². The van der Waals surface area contributed by atoms with Crippen LogP contribution in [-0.2, 0) is 28.6 Å². The van der Waals surface area contributed by atoms with Crippen molar-refractivity contribution in [3.8, 4) is 0 Å². The molecule has 8 heteroatoms. The van der Waals surface area contributed by atoms with Crippen LogP contribution >= 0.6 is 0 Å². The van der Waals surface area contributed by atoms with Crippen LogP contribution < -0.4 is 5.11 Å². The SMILES string of the molecule is CC/C=C/C/C=C/C/C=C/CCCC(=O)OCC(COCCC(C(=O)[O-])[N+](C)(C)C)OC(=O)CCCCCCCCC/C=C/CCCCCCCC. The van der Waals surface area contributed by atoms with Crippen molar-refractivity contribution in [3.05, 3.63) is 48.6 Å². The van der Waals surface area contributed by atoms with Crippen LogP contribution in [0.25, 0.3) is 0 Å². The fourth-order valence-electron chi connectivity index (χ4n) is 5.73. The van der Waals surface area contributed by atoms with Gasteiger partial charge in [-0.2, -0.15) is 0 Å². The van der Waals surface area contributed by atoms with Gasteiger partial charge in [-0.05, 0) is 64.2 Å². The molecule has 0 bridgehead atoms. The molecular formula is C44H77NO7. The normalized spacial score (nSPS) is 13.5. The van der Waals surface area contributed by atoms with E-state index in [1.807, 2.05) is 0 Å². The molecule has 0 N–H and O–H groups in total. The maximum Gasteiger partial charge on any atom is 0.306 e.